The predicted octanol–water partition coefficient (Wildman–Crippen LogP) is 4.53. The number of halogens is 2. The normalized spacial score (nSPS) is 20.6. The lowest BCUT2D eigenvalue weighted by Gasteiger charge is -2.18. The van der Waals surface area contributed by atoms with Crippen LogP contribution < -0.4 is 4.74 Å². The number of nitrogens with zero attached hydrogens (tertiary/aromatic N) is 2. The van der Waals surface area contributed by atoms with Crippen molar-refractivity contribution in [2.45, 2.75) is 57.8 Å². The minimum atomic E-state index is -2.81. The van der Waals surface area contributed by atoms with Gasteiger partial charge in [-0.15, -0.1) is 0 Å². The lowest BCUT2D eigenvalue weighted by Crippen LogP contribution is -2.31. The zero-order valence-electron chi connectivity index (χ0n) is 16.3. The summed E-state index contributed by atoms with van der Waals surface area (Å²) in [6.45, 7) is -0.199. The van der Waals surface area contributed by atoms with Crippen molar-refractivity contribution in [2.24, 2.45) is 0 Å². The molecule has 1 aromatic carbocycles. The molecular formula is C21H26F2N2O3. The second-order valence-corrected chi connectivity index (χ2v) is 7.71. The van der Waals surface area contributed by atoms with Gasteiger partial charge in [0.15, 0.2) is 0 Å². The molecule has 1 saturated carbocycles. The van der Waals surface area contributed by atoms with E-state index in [4.69, 9.17) is 4.74 Å². The van der Waals surface area contributed by atoms with Crippen molar-refractivity contribution >= 4 is 16.8 Å². The van der Waals surface area contributed by atoms with Gasteiger partial charge in [0.05, 0.1) is 18.8 Å². The number of ether oxygens (including phenoxy) is 2. The fourth-order valence-corrected chi connectivity index (χ4v) is 4.78. The Morgan fingerprint density at radius 2 is 1.96 bits per heavy atom. The van der Waals surface area contributed by atoms with Crippen LogP contribution in [0, 0.1) is 6.92 Å². The van der Waals surface area contributed by atoms with E-state index in [9.17, 15) is 13.6 Å². The topological polar surface area (TPSA) is 43.7 Å². The number of amides is 1. The molecule has 152 valence electrons. The highest BCUT2D eigenvalue weighted by atomic mass is 19.3. The first-order valence-electron chi connectivity index (χ1n) is 9.91. The second-order valence-electron chi connectivity index (χ2n) is 7.71. The molecule has 0 N–H and O–H groups in total. The Balaban J connectivity index is 1.73. The third-order valence-electron chi connectivity index (χ3n) is 6.09. The molecule has 7 heteroatoms. The van der Waals surface area contributed by atoms with Gasteiger partial charge in [-0.2, -0.15) is 8.78 Å². The molecule has 0 unspecified atom stereocenters. The van der Waals surface area contributed by atoms with Gasteiger partial charge >= 0.3 is 6.61 Å². The van der Waals surface area contributed by atoms with E-state index in [-0.39, 0.29) is 12.5 Å². The molecule has 1 aliphatic carbocycles. The first-order chi connectivity index (χ1) is 13.5. The minimum absolute atomic E-state index is 0.118. The quantitative estimate of drug-likeness (QED) is 0.751. The van der Waals surface area contributed by atoms with E-state index >= 15 is 0 Å². The van der Waals surface area contributed by atoms with Crippen LogP contribution in [0.15, 0.2) is 18.2 Å². The molecule has 4 rings (SSSR count). The number of hydrogen-bond donors (Lipinski definition) is 0. The number of carbonyl (C=O) groups is 1. The number of aromatic nitrogens is 1. The molecule has 1 saturated heterocycles. The predicted molar refractivity (Wildman–Crippen MR) is 102 cm³/mol. The van der Waals surface area contributed by atoms with Crippen LogP contribution in [0.4, 0.5) is 8.78 Å². The fourth-order valence-electron chi connectivity index (χ4n) is 4.78. The van der Waals surface area contributed by atoms with E-state index in [0.717, 1.165) is 29.4 Å². The lowest BCUT2D eigenvalue weighted by molar-refractivity contribution is -0.158. The average Bonchev–Trinajstić information content (AvgIpc) is 3.39. The average molecular weight is 392 g/mol. The summed E-state index contributed by atoms with van der Waals surface area (Å²) < 4.78 is 37.3. The van der Waals surface area contributed by atoms with E-state index in [2.05, 4.69) is 9.30 Å². The van der Waals surface area contributed by atoms with Crippen molar-refractivity contribution in [3.05, 3.63) is 29.5 Å². The van der Waals surface area contributed by atoms with Crippen LogP contribution in [0.5, 0.6) is 5.75 Å². The Hall–Kier alpha value is -2.15. The number of carbonyl (C=O) groups excluding carboxylic acids is 1. The molecule has 0 radical (unpaired) electrons. The SMILES string of the molecule is COc1ccc2c(c1)c(C(=O)N1CC[C@H](OC(F)F)C1)c(C)n2C1CCCC1. The Labute approximate surface area is 163 Å². The highest BCUT2D eigenvalue weighted by Crippen LogP contribution is 2.38. The smallest absolute Gasteiger partial charge is 0.345 e. The summed E-state index contributed by atoms with van der Waals surface area (Å²) in [5.74, 6) is 0.582. The Morgan fingerprint density at radius 3 is 2.64 bits per heavy atom. The zero-order valence-corrected chi connectivity index (χ0v) is 16.3. The molecule has 1 aliphatic heterocycles. The van der Waals surface area contributed by atoms with E-state index in [1.807, 2.05) is 25.1 Å². The molecule has 1 aromatic heterocycles. The van der Waals surface area contributed by atoms with Gasteiger partial charge in [0.25, 0.3) is 5.91 Å². The number of rotatable bonds is 5. The fraction of sp³-hybridized carbons (Fsp3) is 0.571. The van der Waals surface area contributed by atoms with Crippen molar-refractivity contribution in [2.75, 3.05) is 20.2 Å². The van der Waals surface area contributed by atoms with Crippen LogP contribution in [0.2, 0.25) is 0 Å². The molecule has 5 nitrogen and oxygen atoms in total. The number of hydrogen-bond acceptors (Lipinski definition) is 3. The Kier molecular flexibility index (Phi) is 5.27. The van der Waals surface area contributed by atoms with Crippen LogP contribution in [-0.4, -0.2) is 48.3 Å². The Bertz CT molecular complexity index is 874. The Morgan fingerprint density at radius 1 is 1.21 bits per heavy atom. The summed E-state index contributed by atoms with van der Waals surface area (Å²) >= 11 is 0. The number of methoxy groups -OCH3 is 1. The van der Waals surface area contributed by atoms with Gasteiger partial charge in [-0.25, -0.2) is 0 Å². The lowest BCUT2D eigenvalue weighted by atomic mass is 10.1. The van der Waals surface area contributed by atoms with Gasteiger partial charge in [0.2, 0.25) is 0 Å². The molecule has 2 fully saturated rings. The number of alkyl halides is 2. The number of likely N-dealkylation sites (tertiary alicyclic amines) is 1. The number of fused-ring (bicyclic) bond motifs is 1. The molecule has 0 spiro atoms. The standard InChI is InChI=1S/C21H26F2N2O3/c1-13-19(20(26)24-10-9-16(12-24)28-21(22)23)17-11-15(27-2)7-8-18(17)25(13)14-5-3-4-6-14/h7-8,11,14,16,21H,3-6,9-10,12H2,1-2H3/t16-/m0/s1. The maximum absolute atomic E-state index is 13.4. The van der Waals surface area contributed by atoms with Gasteiger partial charge in [0, 0.05) is 35.7 Å². The minimum Gasteiger partial charge on any atom is -0.497 e. The summed E-state index contributed by atoms with van der Waals surface area (Å²) in [7, 11) is 1.61. The molecule has 1 atom stereocenters. The summed E-state index contributed by atoms with van der Waals surface area (Å²) in [5.41, 5.74) is 2.63. The summed E-state index contributed by atoms with van der Waals surface area (Å²) in [6, 6.07) is 6.24. The molecule has 1 amide bonds. The molecule has 0 bridgehead atoms. The first kappa shape index (κ1) is 19.2. The molecule has 2 aromatic rings. The van der Waals surface area contributed by atoms with Crippen LogP contribution in [-0.2, 0) is 4.74 Å². The van der Waals surface area contributed by atoms with E-state index in [1.165, 1.54) is 12.8 Å². The van der Waals surface area contributed by atoms with Crippen molar-refractivity contribution in [3.8, 4) is 5.75 Å². The van der Waals surface area contributed by atoms with E-state index in [1.54, 1.807) is 12.0 Å². The molecule has 28 heavy (non-hydrogen) atoms. The molecule has 2 aliphatic rings. The maximum atomic E-state index is 13.4. The van der Waals surface area contributed by atoms with Crippen molar-refractivity contribution in [1.29, 1.82) is 0 Å². The van der Waals surface area contributed by atoms with Crippen LogP contribution in [0.25, 0.3) is 10.9 Å². The van der Waals surface area contributed by atoms with E-state index in [0.29, 0.717) is 30.3 Å². The highest BCUT2D eigenvalue weighted by Gasteiger charge is 2.33. The molecule has 2 heterocycles. The first-order valence-corrected chi connectivity index (χ1v) is 9.91. The van der Waals surface area contributed by atoms with Crippen LogP contribution >= 0.6 is 0 Å². The van der Waals surface area contributed by atoms with Gasteiger partial charge in [0.1, 0.15) is 5.75 Å². The van der Waals surface area contributed by atoms with Gasteiger partial charge in [-0.1, -0.05) is 12.8 Å². The monoisotopic (exact) mass is 392 g/mol. The zero-order chi connectivity index (χ0) is 19.8. The van der Waals surface area contributed by atoms with Crippen molar-refractivity contribution in [3.63, 3.8) is 0 Å². The van der Waals surface area contributed by atoms with E-state index < -0.39 is 12.7 Å². The van der Waals surface area contributed by atoms with Crippen molar-refractivity contribution in [1.82, 2.24) is 9.47 Å². The van der Waals surface area contributed by atoms with Gasteiger partial charge in [-0.05, 0) is 44.4 Å². The molecular weight excluding hydrogens is 366 g/mol. The maximum Gasteiger partial charge on any atom is 0.345 e. The largest absolute Gasteiger partial charge is 0.497 e. The third-order valence-corrected chi connectivity index (χ3v) is 6.09. The summed E-state index contributed by atoms with van der Waals surface area (Å²) in [5, 5.41) is 0.868. The summed E-state index contributed by atoms with van der Waals surface area (Å²) in [4.78, 5) is 15.0. The summed E-state index contributed by atoms with van der Waals surface area (Å²) in [6.07, 6.45) is 4.43. The second kappa shape index (κ2) is 7.70. The van der Waals surface area contributed by atoms with Gasteiger partial charge < -0.3 is 18.9 Å². The third kappa shape index (κ3) is 3.36. The number of benzene rings is 1. The van der Waals surface area contributed by atoms with Gasteiger partial charge in [-0.3, -0.25) is 4.79 Å². The van der Waals surface area contributed by atoms with Crippen LogP contribution in [0.3, 0.4) is 0 Å². The highest BCUT2D eigenvalue weighted by molar-refractivity contribution is 6.09. The van der Waals surface area contributed by atoms with Crippen molar-refractivity contribution < 1.29 is 23.0 Å². The van der Waals surface area contributed by atoms with Crippen LogP contribution in [0.1, 0.15) is 54.2 Å².